The Morgan fingerprint density at radius 2 is 2.00 bits per heavy atom. The van der Waals surface area contributed by atoms with Crippen LogP contribution < -0.4 is 5.73 Å². The van der Waals surface area contributed by atoms with Gasteiger partial charge in [-0.15, -0.1) is 0 Å². The Morgan fingerprint density at radius 3 is 2.59 bits per heavy atom. The molecule has 0 aliphatic heterocycles. The van der Waals surface area contributed by atoms with Crippen LogP contribution in [0.15, 0.2) is 24.3 Å². The van der Waals surface area contributed by atoms with Gasteiger partial charge < -0.3 is 15.9 Å². The molecule has 0 spiro atoms. The summed E-state index contributed by atoms with van der Waals surface area (Å²) in [6, 6.07) is 6.96. The fourth-order valence-corrected chi connectivity index (χ4v) is 2.48. The summed E-state index contributed by atoms with van der Waals surface area (Å²) < 4.78 is 0. The number of benzene rings is 1. The van der Waals surface area contributed by atoms with E-state index in [-0.39, 0.29) is 6.42 Å². The highest BCUT2D eigenvalue weighted by molar-refractivity contribution is 5.84. The first kappa shape index (κ1) is 11.6. The molecule has 1 aromatic rings. The Balaban J connectivity index is 2.48. The van der Waals surface area contributed by atoms with E-state index in [1.165, 1.54) is 0 Å². The van der Waals surface area contributed by atoms with E-state index in [0.29, 0.717) is 12.0 Å². The van der Waals surface area contributed by atoms with Gasteiger partial charge >= 0.3 is 11.9 Å². The molecule has 2 unspecified atom stereocenters. The SMILES string of the molecule is NC1(C(=O)O)c2ccccc2CC1CC(=O)O. The van der Waals surface area contributed by atoms with Crippen molar-refractivity contribution in [2.45, 2.75) is 18.4 Å². The van der Waals surface area contributed by atoms with E-state index >= 15 is 0 Å². The number of fused-ring (bicyclic) bond motifs is 1. The Labute approximate surface area is 97.9 Å². The van der Waals surface area contributed by atoms with Crippen molar-refractivity contribution in [1.29, 1.82) is 0 Å². The van der Waals surface area contributed by atoms with Gasteiger partial charge in [-0.25, -0.2) is 4.79 Å². The van der Waals surface area contributed by atoms with Crippen molar-refractivity contribution in [3.8, 4) is 0 Å². The van der Waals surface area contributed by atoms with Crippen LogP contribution in [0.2, 0.25) is 0 Å². The van der Waals surface area contributed by atoms with Crippen LogP contribution in [0.5, 0.6) is 0 Å². The predicted molar refractivity (Wildman–Crippen MR) is 59.4 cm³/mol. The summed E-state index contributed by atoms with van der Waals surface area (Å²) in [4.78, 5) is 22.1. The zero-order valence-corrected chi connectivity index (χ0v) is 9.09. The smallest absolute Gasteiger partial charge is 0.328 e. The van der Waals surface area contributed by atoms with E-state index in [1.807, 2.05) is 0 Å². The quantitative estimate of drug-likeness (QED) is 0.711. The summed E-state index contributed by atoms with van der Waals surface area (Å²) in [7, 11) is 0. The molecule has 1 aliphatic carbocycles. The van der Waals surface area contributed by atoms with Crippen molar-refractivity contribution >= 4 is 11.9 Å². The summed E-state index contributed by atoms with van der Waals surface area (Å²) in [5.74, 6) is -2.80. The molecular weight excluding hydrogens is 222 g/mol. The number of carbonyl (C=O) groups is 2. The van der Waals surface area contributed by atoms with Crippen molar-refractivity contribution in [2.75, 3.05) is 0 Å². The number of carboxylic acids is 2. The van der Waals surface area contributed by atoms with Crippen LogP contribution in [-0.2, 0) is 21.5 Å². The molecule has 0 aromatic heterocycles. The van der Waals surface area contributed by atoms with E-state index < -0.39 is 23.4 Å². The minimum atomic E-state index is -1.59. The van der Waals surface area contributed by atoms with Crippen LogP contribution in [0.25, 0.3) is 0 Å². The average molecular weight is 235 g/mol. The minimum absolute atomic E-state index is 0.239. The largest absolute Gasteiger partial charge is 0.481 e. The molecule has 5 nitrogen and oxygen atoms in total. The first-order chi connectivity index (χ1) is 7.96. The summed E-state index contributed by atoms with van der Waals surface area (Å²) in [6.07, 6.45) is 0.156. The fraction of sp³-hybridized carbons (Fsp3) is 0.333. The van der Waals surface area contributed by atoms with Crippen LogP contribution in [0.1, 0.15) is 17.5 Å². The topological polar surface area (TPSA) is 101 Å². The Bertz CT molecular complexity index is 485. The lowest BCUT2D eigenvalue weighted by Crippen LogP contribution is -2.49. The Morgan fingerprint density at radius 1 is 1.35 bits per heavy atom. The molecule has 17 heavy (non-hydrogen) atoms. The van der Waals surface area contributed by atoms with Gasteiger partial charge in [0.2, 0.25) is 0 Å². The van der Waals surface area contributed by atoms with Gasteiger partial charge in [0.15, 0.2) is 0 Å². The van der Waals surface area contributed by atoms with E-state index in [4.69, 9.17) is 10.8 Å². The molecule has 0 radical (unpaired) electrons. The van der Waals surface area contributed by atoms with Gasteiger partial charge in [0.1, 0.15) is 5.54 Å². The number of hydrogen-bond donors (Lipinski definition) is 3. The van der Waals surface area contributed by atoms with Gasteiger partial charge in [0.05, 0.1) is 6.42 Å². The molecule has 5 heteroatoms. The van der Waals surface area contributed by atoms with Gasteiger partial charge in [0.25, 0.3) is 0 Å². The molecular formula is C12H13NO4. The van der Waals surface area contributed by atoms with Crippen molar-refractivity contribution in [3.63, 3.8) is 0 Å². The van der Waals surface area contributed by atoms with Crippen molar-refractivity contribution in [3.05, 3.63) is 35.4 Å². The first-order valence-corrected chi connectivity index (χ1v) is 5.28. The lowest BCUT2D eigenvalue weighted by atomic mass is 9.82. The summed E-state index contributed by atoms with van der Waals surface area (Å²) in [6.45, 7) is 0. The summed E-state index contributed by atoms with van der Waals surface area (Å²) >= 11 is 0. The fourth-order valence-electron chi connectivity index (χ4n) is 2.48. The number of carboxylic acid groups (broad SMARTS) is 2. The van der Waals surface area contributed by atoms with Crippen LogP contribution >= 0.6 is 0 Å². The van der Waals surface area contributed by atoms with E-state index in [9.17, 15) is 14.7 Å². The second-order valence-electron chi connectivity index (χ2n) is 4.33. The standard InChI is InChI=1S/C12H13NO4/c13-12(11(16)17)8(6-10(14)15)5-7-3-1-2-4-9(7)12/h1-4,8H,5-6,13H2,(H,14,15)(H,16,17). The van der Waals surface area contributed by atoms with Crippen LogP contribution in [-0.4, -0.2) is 22.2 Å². The molecule has 0 bridgehead atoms. The van der Waals surface area contributed by atoms with Gasteiger partial charge in [-0.1, -0.05) is 24.3 Å². The molecule has 0 amide bonds. The minimum Gasteiger partial charge on any atom is -0.481 e. The molecule has 0 heterocycles. The lowest BCUT2D eigenvalue weighted by Gasteiger charge is -2.26. The van der Waals surface area contributed by atoms with E-state index in [2.05, 4.69) is 0 Å². The highest BCUT2D eigenvalue weighted by atomic mass is 16.4. The van der Waals surface area contributed by atoms with Crippen molar-refractivity contribution in [2.24, 2.45) is 11.7 Å². The molecule has 0 saturated carbocycles. The third-order valence-electron chi connectivity index (χ3n) is 3.35. The molecule has 2 rings (SSSR count). The average Bonchev–Trinajstić information content (AvgIpc) is 2.53. The zero-order valence-electron chi connectivity index (χ0n) is 9.09. The second-order valence-corrected chi connectivity index (χ2v) is 4.33. The van der Waals surface area contributed by atoms with Gasteiger partial charge in [0, 0.05) is 5.92 Å². The molecule has 1 aliphatic rings. The number of hydrogen-bond acceptors (Lipinski definition) is 3. The molecule has 0 fully saturated rings. The third kappa shape index (κ3) is 1.68. The molecule has 90 valence electrons. The number of aliphatic carboxylic acids is 2. The maximum atomic E-state index is 11.4. The van der Waals surface area contributed by atoms with Crippen LogP contribution in [0.4, 0.5) is 0 Å². The summed E-state index contributed by atoms with van der Waals surface area (Å²) in [5, 5.41) is 18.1. The summed E-state index contributed by atoms with van der Waals surface area (Å²) in [5.41, 5.74) is 5.70. The second kappa shape index (κ2) is 3.85. The number of nitrogens with two attached hydrogens (primary N) is 1. The lowest BCUT2D eigenvalue weighted by molar-refractivity contribution is -0.147. The molecule has 0 saturated heterocycles. The monoisotopic (exact) mass is 235 g/mol. The molecule has 1 aromatic carbocycles. The van der Waals surface area contributed by atoms with Crippen molar-refractivity contribution < 1.29 is 19.8 Å². The first-order valence-electron chi connectivity index (χ1n) is 5.28. The maximum absolute atomic E-state index is 11.4. The third-order valence-corrected chi connectivity index (χ3v) is 3.35. The normalized spacial score (nSPS) is 26.5. The molecule has 2 atom stereocenters. The van der Waals surface area contributed by atoms with Gasteiger partial charge in [-0.05, 0) is 17.5 Å². The van der Waals surface area contributed by atoms with E-state index in [0.717, 1.165) is 5.56 Å². The Kier molecular flexibility index (Phi) is 2.63. The molecule has 4 N–H and O–H groups in total. The Hall–Kier alpha value is -1.88. The van der Waals surface area contributed by atoms with Gasteiger partial charge in [-0.3, -0.25) is 4.79 Å². The highest BCUT2D eigenvalue weighted by Gasteiger charge is 2.50. The zero-order chi connectivity index (χ0) is 12.6. The highest BCUT2D eigenvalue weighted by Crippen LogP contribution is 2.41. The van der Waals surface area contributed by atoms with Crippen LogP contribution in [0.3, 0.4) is 0 Å². The maximum Gasteiger partial charge on any atom is 0.328 e. The van der Waals surface area contributed by atoms with E-state index in [1.54, 1.807) is 24.3 Å². The van der Waals surface area contributed by atoms with Gasteiger partial charge in [-0.2, -0.15) is 0 Å². The van der Waals surface area contributed by atoms with Crippen LogP contribution in [0, 0.1) is 5.92 Å². The predicted octanol–water partition coefficient (Wildman–Crippen LogP) is 0.572. The van der Waals surface area contributed by atoms with Crippen molar-refractivity contribution in [1.82, 2.24) is 0 Å². The number of rotatable bonds is 3.